The lowest BCUT2D eigenvalue weighted by Gasteiger charge is -2.36. The molecule has 2 aliphatic rings. The molecule has 0 unspecified atom stereocenters. The fraction of sp³-hybridized carbons (Fsp3) is 0.588. The van der Waals surface area contributed by atoms with Gasteiger partial charge in [-0.25, -0.2) is 0 Å². The van der Waals surface area contributed by atoms with Gasteiger partial charge in [-0.3, -0.25) is 14.6 Å². The Morgan fingerprint density at radius 2 is 2.15 bits per heavy atom. The Morgan fingerprint density at radius 1 is 1.30 bits per heavy atom. The molecule has 20 heavy (non-hydrogen) atoms. The fourth-order valence-electron chi connectivity index (χ4n) is 4.03. The summed E-state index contributed by atoms with van der Waals surface area (Å²) in [5.74, 6) is 0.936. The number of pyridine rings is 1. The van der Waals surface area contributed by atoms with Gasteiger partial charge in [0.25, 0.3) is 0 Å². The highest BCUT2D eigenvalue weighted by Crippen LogP contribution is 2.49. The molecule has 1 spiro atoms. The van der Waals surface area contributed by atoms with E-state index in [-0.39, 0.29) is 11.2 Å². The molecular weight excluding hydrogens is 250 g/mol. The van der Waals surface area contributed by atoms with E-state index in [0.717, 1.165) is 44.9 Å². The summed E-state index contributed by atoms with van der Waals surface area (Å²) in [5.41, 5.74) is 0.484. The van der Waals surface area contributed by atoms with Crippen LogP contribution in [0.3, 0.4) is 0 Å². The van der Waals surface area contributed by atoms with E-state index in [1.54, 1.807) is 12.3 Å². The normalized spacial score (nSPS) is 29.8. The van der Waals surface area contributed by atoms with Crippen LogP contribution in [0.5, 0.6) is 0 Å². The average Bonchev–Trinajstić information content (AvgIpc) is 2.81. The first-order valence-electron chi connectivity index (χ1n) is 7.67. The molecule has 3 rings (SSSR count). The van der Waals surface area contributed by atoms with Crippen molar-refractivity contribution >= 4 is 11.6 Å². The van der Waals surface area contributed by atoms with Crippen molar-refractivity contribution in [2.75, 3.05) is 0 Å². The number of hydrogen-bond acceptors (Lipinski definition) is 3. The van der Waals surface area contributed by atoms with E-state index in [2.05, 4.69) is 4.98 Å². The lowest BCUT2D eigenvalue weighted by atomic mass is 9.67. The Balaban J connectivity index is 1.66. The van der Waals surface area contributed by atoms with E-state index < -0.39 is 0 Å². The quantitative estimate of drug-likeness (QED) is 0.789. The average molecular weight is 271 g/mol. The van der Waals surface area contributed by atoms with Crippen molar-refractivity contribution in [2.45, 2.75) is 51.4 Å². The van der Waals surface area contributed by atoms with Gasteiger partial charge in [-0.1, -0.05) is 12.5 Å². The number of rotatable bonds is 3. The summed E-state index contributed by atoms with van der Waals surface area (Å²) >= 11 is 0. The number of aromatic nitrogens is 1. The van der Waals surface area contributed by atoms with Crippen molar-refractivity contribution in [2.24, 2.45) is 11.3 Å². The molecular formula is C17H21NO2. The topological polar surface area (TPSA) is 47.0 Å². The van der Waals surface area contributed by atoms with Crippen molar-refractivity contribution < 1.29 is 9.59 Å². The molecule has 2 saturated carbocycles. The summed E-state index contributed by atoms with van der Waals surface area (Å²) in [6.45, 7) is 0. The largest absolute Gasteiger partial charge is 0.299 e. The highest BCUT2D eigenvalue weighted by atomic mass is 16.1. The van der Waals surface area contributed by atoms with Crippen molar-refractivity contribution in [1.29, 1.82) is 0 Å². The molecule has 106 valence electrons. The van der Waals surface area contributed by atoms with Crippen molar-refractivity contribution in [3.63, 3.8) is 0 Å². The Labute approximate surface area is 119 Å². The summed E-state index contributed by atoms with van der Waals surface area (Å²) in [6, 6.07) is 5.45. The Bertz CT molecular complexity index is 511. The van der Waals surface area contributed by atoms with Gasteiger partial charge in [0.05, 0.1) is 0 Å². The first-order valence-corrected chi connectivity index (χ1v) is 7.67. The predicted octanol–water partition coefficient (Wildman–Crippen LogP) is 3.58. The molecule has 3 nitrogen and oxygen atoms in total. The number of carbonyl (C=O) groups is 2. The molecule has 2 fully saturated rings. The van der Waals surface area contributed by atoms with Gasteiger partial charge in [0.15, 0.2) is 5.78 Å². The maximum absolute atomic E-state index is 12.3. The Morgan fingerprint density at radius 3 is 2.85 bits per heavy atom. The number of carbonyl (C=O) groups excluding carboxylic acids is 2. The van der Waals surface area contributed by atoms with Gasteiger partial charge >= 0.3 is 0 Å². The van der Waals surface area contributed by atoms with Crippen LogP contribution in [-0.4, -0.2) is 16.6 Å². The van der Waals surface area contributed by atoms with E-state index in [0.29, 0.717) is 23.8 Å². The van der Waals surface area contributed by atoms with Crippen molar-refractivity contribution in [3.05, 3.63) is 30.1 Å². The third-order valence-electron chi connectivity index (χ3n) is 5.02. The second-order valence-corrected chi connectivity index (χ2v) is 6.36. The number of Topliss-reactive ketones (excluding diaryl/α,β-unsaturated/α-hetero) is 2. The molecule has 3 heteroatoms. The monoisotopic (exact) mass is 271 g/mol. The number of nitrogens with zero attached hydrogens (tertiary/aromatic N) is 1. The maximum Gasteiger partial charge on any atom is 0.181 e. The van der Waals surface area contributed by atoms with Crippen LogP contribution in [0.4, 0.5) is 0 Å². The fourth-order valence-corrected chi connectivity index (χ4v) is 4.03. The predicted molar refractivity (Wildman–Crippen MR) is 76.4 cm³/mol. The van der Waals surface area contributed by atoms with Crippen LogP contribution in [-0.2, 0) is 4.79 Å². The highest BCUT2D eigenvalue weighted by Gasteiger charge is 2.45. The summed E-state index contributed by atoms with van der Waals surface area (Å²) in [6.07, 6.45) is 9.17. The zero-order valence-electron chi connectivity index (χ0n) is 11.8. The molecule has 1 aromatic heterocycles. The summed E-state index contributed by atoms with van der Waals surface area (Å²) < 4.78 is 0. The standard InChI is InChI=1S/C17H21NO2/c19-15(14-6-1-2-10-18-14)11-13-5-3-8-17(12-13)9-4-7-16(17)20/h1-2,6,10,13H,3-5,7-9,11-12H2/t13-,17+/m1/s1. The maximum atomic E-state index is 12.3. The van der Waals surface area contributed by atoms with Crippen molar-refractivity contribution in [1.82, 2.24) is 4.98 Å². The summed E-state index contributed by atoms with van der Waals surface area (Å²) in [5, 5.41) is 0. The number of ketones is 2. The molecule has 0 amide bonds. The van der Waals surface area contributed by atoms with E-state index in [4.69, 9.17) is 0 Å². The molecule has 1 aromatic rings. The van der Waals surface area contributed by atoms with Gasteiger partial charge in [0.2, 0.25) is 0 Å². The molecule has 0 aromatic carbocycles. The Kier molecular flexibility index (Phi) is 3.68. The smallest absolute Gasteiger partial charge is 0.181 e. The van der Waals surface area contributed by atoms with Gasteiger partial charge in [0.1, 0.15) is 11.5 Å². The van der Waals surface area contributed by atoms with Gasteiger partial charge < -0.3 is 0 Å². The SMILES string of the molecule is O=C(C[C@H]1CCC[C@]2(CCCC2=O)C1)c1ccccn1. The van der Waals surface area contributed by atoms with E-state index in [9.17, 15) is 9.59 Å². The lowest BCUT2D eigenvalue weighted by molar-refractivity contribution is -0.128. The first kappa shape index (κ1) is 13.5. The minimum absolute atomic E-state index is 0.0761. The first-order chi connectivity index (χ1) is 9.70. The van der Waals surface area contributed by atoms with Crippen molar-refractivity contribution in [3.8, 4) is 0 Å². The molecule has 0 radical (unpaired) electrons. The highest BCUT2D eigenvalue weighted by molar-refractivity contribution is 5.94. The minimum atomic E-state index is -0.0761. The summed E-state index contributed by atoms with van der Waals surface area (Å²) in [4.78, 5) is 28.5. The van der Waals surface area contributed by atoms with Gasteiger partial charge in [0, 0.05) is 24.5 Å². The second-order valence-electron chi connectivity index (χ2n) is 6.36. The summed E-state index contributed by atoms with van der Waals surface area (Å²) in [7, 11) is 0. The zero-order chi connectivity index (χ0) is 14.0. The molecule has 2 aliphatic carbocycles. The van der Waals surface area contributed by atoms with Crippen LogP contribution in [0.2, 0.25) is 0 Å². The second kappa shape index (κ2) is 5.47. The van der Waals surface area contributed by atoms with Crippen LogP contribution in [0.1, 0.15) is 61.9 Å². The zero-order valence-corrected chi connectivity index (χ0v) is 11.8. The van der Waals surface area contributed by atoms with Gasteiger partial charge in [-0.05, 0) is 50.2 Å². The van der Waals surface area contributed by atoms with Gasteiger partial charge in [-0.15, -0.1) is 0 Å². The Hall–Kier alpha value is -1.51. The lowest BCUT2D eigenvalue weighted by Crippen LogP contribution is -2.33. The van der Waals surface area contributed by atoms with Crippen LogP contribution >= 0.6 is 0 Å². The van der Waals surface area contributed by atoms with Crippen LogP contribution in [0.15, 0.2) is 24.4 Å². The molecule has 0 bridgehead atoms. The third-order valence-corrected chi connectivity index (χ3v) is 5.02. The third kappa shape index (κ3) is 2.54. The molecule has 1 heterocycles. The molecule has 2 atom stereocenters. The van der Waals surface area contributed by atoms with Crippen LogP contribution in [0, 0.1) is 11.3 Å². The number of hydrogen-bond donors (Lipinski definition) is 0. The van der Waals surface area contributed by atoms with Crippen LogP contribution in [0.25, 0.3) is 0 Å². The minimum Gasteiger partial charge on any atom is -0.299 e. The van der Waals surface area contributed by atoms with E-state index in [1.165, 1.54) is 0 Å². The molecule has 0 N–H and O–H groups in total. The van der Waals surface area contributed by atoms with Crippen LogP contribution < -0.4 is 0 Å². The van der Waals surface area contributed by atoms with Gasteiger partial charge in [-0.2, -0.15) is 0 Å². The van der Waals surface area contributed by atoms with E-state index >= 15 is 0 Å². The molecule has 0 aliphatic heterocycles. The van der Waals surface area contributed by atoms with E-state index in [1.807, 2.05) is 12.1 Å². The molecule has 0 saturated heterocycles.